The number of pyridine rings is 1. The molecule has 0 atom stereocenters. The van der Waals surface area contributed by atoms with Crippen molar-refractivity contribution in [2.75, 3.05) is 0 Å². The predicted molar refractivity (Wildman–Crippen MR) is 84.6 cm³/mol. The Morgan fingerprint density at radius 1 is 1.00 bits per heavy atom. The van der Waals surface area contributed by atoms with Crippen molar-refractivity contribution in [3.8, 4) is 0 Å². The van der Waals surface area contributed by atoms with E-state index in [9.17, 15) is 0 Å². The molecule has 0 N–H and O–H groups in total. The lowest BCUT2D eigenvalue weighted by molar-refractivity contribution is 1.17. The summed E-state index contributed by atoms with van der Waals surface area (Å²) >= 11 is 3.50. The monoisotopic (exact) mass is 283 g/mol. The van der Waals surface area contributed by atoms with Crippen molar-refractivity contribution in [3.05, 3.63) is 74.4 Å². The molecular weight excluding hydrogens is 270 g/mol. The molecule has 0 aromatic carbocycles. The molecule has 0 saturated heterocycles. The van der Waals surface area contributed by atoms with E-state index < -0.39 is 0 Å². The molecule has 1 nitrogen and oxygen atoms in total. The second-order valence-electron chi connectivity index (χ2n) is 4.21. The topological polar surface area (TPSA) is 12.9 Å². The maximum Gasteiger partial charge on any atom is 0.0719 e. The maximum atomic E-state index is 4.65. The first kappa shape index (κ1) is 12.3. The third kappa shape index (κ3) is 2.83. The number of nitrogens with zero attached hydrogens (tertiary/aromatic N) is 1. The van der Waals surface area contributed by atoms with Gasteiger partial charge in [0.05, 0.1) is 5.69 Å². The van der Waals surface area contributed by atoms with Gasteiger partial charge in [-0.25, -0.2) is 0 Å². The highest BCUT2D eigenvalue weighted by molar-refractivity contribution is 7.12. The van der Waals surface area contributed by atoms with Gasteiger partial charge in [-0.05, 0) is 48.0 Å². The SMILES string of the molecule is Cc1cccc(/C(=C/c2cccs2)c2cccs2)n1. The molecule has 3 aromatic rings. The lowest BCUT2D eigenvalue weighted by atomic mass is 10.1. The Labute approximate surface area is 120 Å². The minimum Gasteiger partial charge on any atom is -0.253 e. The molecule has 0 aliphatic heterocycles. The molecule has 3 heterocycles. The summed E-state index contributed by atoms with van der Waals surface area (Å²) in [6.45, 7) is 2.03. The largest absolute Gasteiger partial charge is 0.253 e. The maximum absolute atomic E-state index is 4.65. The van der Waals surface area contributed by atoms with Crippen LogP contribution in [0.2, 0.25) is 0 Å². The Balaban J connectivity index is 2.12. The molecule has 0 aliphatic carbocycles. The first-order chi connectivity index (χ1) is 9.33. The van der Waals surface area contributed by atoms with Crippen LogP contribution in [-0.2, 0) is 0 Å². The molecule has 94 valence electrons. The zero-order valence-electron chi connectivity index (χ0n) is 10.5. The molecule has 0 fully saturated rings. The molecule has 0 bridgehead atoms. The van der Waals surface area contributed by atoms with Crippen molar-refractivity contribution >= 4 is 34.3 Å². The van der Waals surface area contributed by atoms with Crippen molar-refractivity contribution in [3.63, 3.8) is 0 Å². The van der Waals surface area contributed by atoms with Crippen LogP contribution in [0.3, 0.4) is 0 Å². The van der Waals surface area contributed by atoms with E-state index in [-0.39, 0.29) is 0 Å². The van der Waals surface area contributed by atoms with Gasteiger partial charge >= 0.3 is 0 Å². The van der Waals surface area contributed by atoms with Gasteiger partial charge in [0.15, 0.2) is 0 Å². The fourth-order valence-corrected chi connectivity index (χ4v) is 3.32. The molecule has 0 aliphatic rings. The van der Waals surface area contributed by atoms with Gasteiger partial charge in [0.25, 0.3) is 0 Å². The van der Waals surface area contributed by atoms with Crippen LogP contribution in [-0.4, -0.2) is 4.98 Å². The lowest BCUT2D eigenvalue weighted by Crippen LogP contribution is -1.91. The fourth-order valence-electron chi connectivity index (χ4n) is 1.91. The summed E-state index contributed by atoms with van der Waals surface area (Å²) in [7, 11) is 0. The summed E-state index contributed by atoms with van der Waals surface area (Å²) in [5.74, 6) is 0. The van der Waals surface area contributed by atoms with Crippen LogP contribution in [0.1, 0.15) is 21.1 Å². The van der Waals surface area contributed by atoms with Crippen molar-refractivity contribution in [2.24, 2.45) is 0 Å². The zero-order valence-corrected chi connectivity index (χ0v) is 12.2. The highest BCUT2D eigenvalue weighted by atomic mass is 32.1. The summed E-state index contributed by atoms with van der Waals surface area (Å²) < 4.78 is 0. The summed E-state index contributed by atoms with van der Waals surface area (Å²) in [6.07, 6.45) is 2.22. The number of thiophene rings is 2. The van der Waals surface area contributed by atoms with Gasteiger partial charge in [0, 0.05) is 21.0 Å². The Bertz CT molecular complexity index is 679. The average Bonchev–Trinajstić information content (AvgIpc) is 3.09. The van der Waals surface area contributed by atoms with E-state index >= 15 is 0 Å². The van der Waals surface area contributed by atoms with E-state index in [2.05, 4.69) is 58.2 Å². The molecule has 3 heteroatoms. The van der Waals surface area contributed by atoms with Crippen LogP contribution in [0.4, 0.5) is 0 Å². The molecule has 0 radical (unpaired) electrons. The fraction of sp³-hybridized carbons (Fsp3) is 0.0625. The van der Waals surface area contributed by atoms with Crippen LogP contribution in [0, 0.1) is 6.92 Å². The Hall–Kier alpha value is -1.71. The van der Waals surface area contributed by atoms with Crippen LogP contribution in [0.5, 0.6) is 0 Å². The Kier molecular flexibility index (Phi) is 3.58. The van der Waals surface area contributed by atoms with Crippen LogP contribution < -0.4 is 0 Å². The third-order valence-electron chi connectivity index (χ3n) is 2.78. The predicted octanol–water partition coefficient (Wildman–Crippen LogP) is 5.10. The number of aryl methyl sites for hydroxylation is 1. The molecular formula is C16H13NS2. The van der Waals surface area contributed by atoms with Gasteiger partial charge in [-0.1, -0.05) is 18.2 Å². The normalized spacial score (nSPS) is 11.7. The number of hydrogen-bond donors (Lipinski definition) is 0. The lowest BCUT2D eigenvalue weighted by Gasteiger charge is -2.05. The van der Waals surface area contributed by atoms with Crippen LogP contribution in [0.25, 0.3) is 11.6 Å². The molecule has 0 saturated carbocycles. The third-order valence-corrected chi connectivity index (χ3v) is 4.50. The highest BCUT2D eigenvalue weighted by Crippen LogP contribution is 2.29. The molecule has 0 amide bonds. The molecule has 19 heavy (non-hydrogen) atoms. The number of hydrogen-bond acceptors (Lipinski definition) is 3. The summed E-state index contributed by atoms with van der Waals surface area (Å²) in [4.78, 5) is 7.17. The quantitative estimate of drug-likeness (QED) is 0.651. The van der Waals surface area contributed by atoms with E-state index in [1.807, 2.05) is 13.0 Å². The van der Waals surface area contributed by atoms with E-state index in [0.717, 1.165) is 11.4 Å². The Morgan fingerprint density at radius 2 is 1.84 bits per heavy atom. The van der Waals surface area contributed by atoms with Gasteiger partial charge in [-0.3, -0.25) is 4.98 Å². The van der Waals surface area contributed by atoms with Gasteiger partial charge in [-0.2, -0.15) is 0 Å². The van der Waals surface area contributed by atoms with E-state index in [1.54, 1.807) is 22.7 Å². The standard InChI is InChI=1S/C16H13NS2/c1-12-5-2-7-15(17-12)14(16-8-4-10-19-16)11-13-6-3-9-18-13/h2-11H,1H3/b14-11-. The molecule has 0 unspecified atom stereocenters. The first-order valence-electron chi connectivity index (χ1n) is 6.06. The van der Waals surface area contributed by atoms with Gasteiger partial charge in [0.1, 0.15) is 0 Å². The Morgan fingerprint density at radius 3 is 2.53 bits per heavy atom. The number of aromatic nitrogens is 1. The zero-order chi connectivity index (χ0) is 13.1. The number of rotatable bonds is 3. The van der Waals surface area contributed by atoms with Gasteiger partial charge in [-0.15, -0.1) is 22.7 Å². The van der Waals surface area contributed by atoms with E-state index in [1.165, 1.54) is 15.3 Å². The van der Waals surface area contributed by atoms with Crippen molar-refractivity contribution in [1.82, 2.24) is 4.98 Å². The van der Waals surface area contributed by atoms with Gasteiger partial charge in [0.2, 0.25) is 0 Å². The van der Waals surface area contributed by atoms with Crippen LogP contribution >= 0.6 is 22.7 Å². The summed E-state index contributed by atoms with van der Waals surface area (Å²) in [6, 6.07) is 14.6. The minimum atomic E-state index is 1.04. The van der Waals surface area contributed by atoms with E-state index in [4.69, 9.17) is 0 Å². The van der Waals surface area contributed by atoms with E-state index in [0.29, 0.717) is 0 Å². The summed E-state index contributed by atoms with van der Waals surface area (Å²) in [5, 5.41) is 4.20. The second kappa shape index (κ2) is 5.51. The molecule has 3 rings (SSSR count). The molecule has 0 spiro atoms. The van der Waals surface area contributed by atoms with Crippen molar-refractivity contribution in [1.29, 1.82) is 0 Å². The smallest absolute Gasteiger partial charge is 0.0719 e. The second-order valence-corrected chi connectivity index (χ2v) is 6.14. The van der Waals surface area contributed by atoms with Crippen molar-refractivity contribution in [2.45, 2.75) is 6.92 Å². The van der Waals surface area contributed by atoms with Crippen LogP contribution in [0.15, 0.2) is 53.2 Å². The van der Waals surface area contributed by atoms with Crippen molar-refractivity contribution < 1.29 is 0 Å². The average molecular weight is 283 g/mol. The molecule has 3 aromatic heterocycles. The summed E-state index contributed by atoms with van der Waals surface area (Å²) in [5.41, 5.74) is 3.28. The highest BCUT2D eigenvalue weighted by Gasteiger charge is 2.08. The van der Waals surface area contributed by atoms with Gasteiger partial charge < -0.3 is 0 Å². The first-order valence-corrected chi connectivity index (χ1v) is 7.82. The minimum absolute atomic E-state index is 1.04.